The highest BCUT2D eigenvalue weighted by Gasteiger charge is 2.38. The summed E-state index contributed by atoms with van der Waals surface area (Å²) < 4.78 is 59.9. The molecule has 0 spiro atoms. The second-order valence-electron chi connectivity index (χ2n) is 14.5. The maximum atomic E-state index is 13.4. The van der Waals surface area contributed by atoms with Gasteiger partial charge in [0.05, 0.1) is 18.2 Å². The van der Waals surface area contributed by atoms with Crippen LogP contribution in [-0.4, -0.2) is 76.4 Å². The Bertz CT molecular complexity index is 2470. The van der Waals surface area contributed by atoms with Crippen LogP contribution in [0.2, 0.25) is 0 Å². The number of carbonyl (C=O) groups excluding carboxylic acids is 4. The summed E-state index contributed by atoms with van der Waals surface area (Å²) in [5.74, 6) is -2.58. The molecule has 0 aliphatic rings. The van der Waals surface area contributed by atoms with Crippen LogP contribution in [0.1, 0.15) is 32.6 Å². The van der Waals surface area contributed by atoms with Crippen LogP contribution < -0.4 is 35.5 Å². The molecule has 3 amide bonds. The molecule has 0 fully saturated rings. The second kappa shape index (κ2) is 22.6. The maximum absolute atomic E-state index is 13.4. The molecular weight excluding hydrogens is 842 g/mol. The number of benzene rings is 6. The van der Waals surface area contributed by atoms with Crippen molar-refractivity contribution < 1.29 is 51.3 Å². The van der Waals surface area contributed by atoms with E-state index in [1.807, 2.05) is 91.0 Å². The van der Waals surface area contributed by atoms with E-state index in [4.69, 9.17) is 18.9 Å². The minimum Gasteiger partial charge on any atom is -0.497 e. The van der Waals surface area contributed by atoms with E-state index in [9.17, 15) is 32.3 Å². The van der Waals surface area contributed by atoms with Gasteiger partial charge < -0.3 is 34.9 Å². The Labute approximate surface area is 374 Å². The number of hydrogen-bond donors (Lipinski definition) is 4. The van der Waals surface area contributed by atoms with Crippen LogP contribution in [0.25, 0.3) is 11.1 Å². The fourth-order valence-electron chi connectivity index (χ4n) is 6.89. The average molecular weight is 889 g/mol. The van der Waals surface area contributed by atoms with E-state index < -0.39 is 48.6 Å². The summed E-state index contributed by atoms with van der Waals surface area (Å²) in [5, 5.41) is 10.7. The van der Waals surface area contributed by atoms with Crippen molar-refractivity contribution in [2.75, 3.05) is 46.5 Å². The zero-order valence-electron chi connectivity index (χ0n) is 35.4. The van der Waals surface area contributed by atoms with Gasteiger partial charge in [-0.3, -0.25) is 19.7 Å². The lowest BCUT2D eigenvalue weighted by Gasteiger charge is -2.37. The smallest absolute Gasteiger partial charge is 0.471 e. The molecule has 6 aromatic carbocycles. The molecule has 0 aromatic heterocycles. The van der Waals surface area contributed by atoms with Gasteiger partial charge in [-0.15, -0.1) is 0 Å². The first-order valence-electron chi connectivity index (χ1n) is 20.6. The van der Waals surface area contributed by atoms with Crippen molar-refractivity contribution in [2.24, 2.45) is 0 Å². The minimum absolute atomic E-state index is 0.0188. The lowest BCUT2D eigenvalue weighted by molar-refractivity contribution is -0.173. The van der Waals surface area contributed by atoms with Gasteiger partial charge in [0, 0.05) is 26.2 Å². The highest BCUT2D eigenvalue weighted by molar-refractivity contribution is 5.92. The largest absolute Gasteiger partial charge is 0.497 e. The van der Waals surface area contributed by atoms with E-state index in [1.54, 1.807) is 48.8 Å². The molecular formula is C50H47F3N4O8. The number of carbonyl (C=O) groups is 4. The van der Waals surface area contributed by atoms with Crippen LogP contribution in [0.4, 0.5) is 13.2 Å². The van der Waals surface area contributed by atoms with Gasteiger partial charge in [-0.25, -0.2) is 4.79 Å². The third kappa shape index (κ3) is 13.2. The zero-order chi connectivity index (χ0) is 46.1. The van der Waals surface area contributed by atoms with E-state index >= 15 is 0 Å². The van der Waals surface area contributed by atoms with Crippen molar-refractivity contribution in [1.82, 2.24) is 21.3 Å². The summed E-state index contributed by atoms with van der Waals surface area (Å²) in [5.41, 5.74) is 4.20. The van der Waals surface area contributed by atoms with Crippen molar-refractivity contribution in [2.45, 2.75) is 18.3 Å². The average Bonchev–Trinajstić information content (AvgIpc) is 3.34. The number of ether oxygens (including phenoxy) is 4. The van der Waals surface area contributed by atoms with E-state index in [0.717, 1.165) is 28.0 Å². The van der Waals surface area contributed by atoms with Gasteiger partial charge in [0.25, 0.3) is 11.8 Å². The minimum atomic E-state index is -5.03. The summed E-state index contributed by atoms with van der Waals surface area (Å²) in [6.07, 6.45) is -5.03. The monoisotopic (exact) mass is 888 g/mol. The first kappa shape index (κ1) is 46.8. The Morgan fingerprint density at radius 1 is 0.523 bits per heavy atom. The molecule has 0 saturated carbocycles. The van der Waals surface area contributed by atoms with Gasteiger partial charge in [-0.1, -0.05) is 115 Å². The van der Waals surface area contributed by atoms with Crippen LogP contribution >= 0.6 is 0 Å². The highest BCUT2D eigenvalue weighted by Crippen LogP contribution is 2.37. The van der Waals surface area contributed by atoms with Gasteiger partial charge in [0.15, 0.2) is 13.2 Å². The fraction of sp³-hybridized carbons (Fsp3) is 0.200. The molecule has 0 saturated heterocycles. The molecule has 0 aliphatic heterocycles. The molecule has 15 heteroatoms. The molecule has 4 N–H and O–H groups in total. The molecule has 65 heavy (non-hydrogen) atoms. The van der Waals surface area contributed by atoms with Gasteiger partial charge in [0.2, 0.25) is 0 Å². The summed E-state index contributed by atoms with van der Waals surface area (Å²) in [6.45, 7) is -0.884. The van der Waals surface area contributed by atoms with Crippen LogP contribution in [0.5, 0.6) is 17.2 Å². The Balaban J connectivity index is 1.12. The van der Waals surface area contributed by atoms with Crippen molar-refractivity contribution >= 4 is 23.7 Å². The maximum Gasteiger partial charge on any atom is 0.471 e. The van der Waals surface area contributed by atoms with Gasteiger partial charge in [-0.2, -0.15) is 13.2 Å². The predicted molar refractivity (Wildman–Crippen MR) is 237 cm³/mol. The van der Waals surface area contributed by atoms with Crippen LogP contribution in [0.3, 0.4) is 0 Å². The molecule has 336 valence electrons. The van der Waals surface area contributed by atoms with Gasteiger partial charge in [0.1, 0.15) is 23.9 Å². The van der Waals surface area contributed by atoms with Gasteiger partial charge in [-0.05, 0) is 75.8 Å². The Hall–Kier alpha value is -7.65. The number of hydrogen-bond acceptors (Lipinski definition) is 9. The lowest BCUT2D eigenvalue weighted by Crippen LogP contribution is -2.47. The Morgan fingerprint density at radius 2 is 1.06 bits per heavy atom. The molecule has 0 heterocycles. The number of esters is 1. The van der Waals surface area contributed by atoms with E-state index in [1.165, 1.54) is 6.07 Å². The first-order chi connectivity index (χ1) is 31.4. The van der Waals surface area contributed by atoms with E-state index in [2.05, 4.69) is 40.2 Å². The fourth-order valence-corrected chi connectivity index (χ4v) is 6.89. The summed E-state index contributed by atoms with van der Waals surface area (Å²) in [4.78, 5) is 50.0. The van der Waals surface area contributed by atoms with Crippen molar-refractivity contribution in [3.63, 3.8) is 0 Å². The number of methoxy groups -OCH3 is 1. The molecule has 0 radical (unpaired) electrons. The third-order valence-corrected chi connectivity index (χ3v) is 10.0. The molecule has 12 nitrogen and oxygen atoms in total. The first-order valence-corrected chi connectivity index (χ1v) is 20.6. The number of alkyl halides is 3. The normalized spacial score (nSPS) is 11.2. The molecule has 0 bridgehead atoms. The Kier molecular flexibility index (Phi) is 16.3. The second-order valence-corrected chi connectivity index (χ2v) is 14.5. The SMILES string of the molecule is COc1ccc(C(NCCNC(=O)COc2cc(C(=O)OCc3ccccc3)cc(-c3cccc(OCC(=O)NCCNC(=O)C(F)(F)F)c3)c2)(c2ccccc2)c2ccccc2)cc1. The van der Waals surface area contributed by atoms with E-state index in [-0.39, 0.29) is 43.4 Å². The zero-order valence-corrected chi connectivity index (χ0v) is 35.4. The molecule has 0 aliphatic carbocycles. The highest BCUT2D eigenvalue weighted by atomic mass is 19.4. The van der Waals surface area contributed by atoms with Crippen molar-refractivity contribution in [3.8, 4) is 28.4 Å². The number of rotatable bonds is 21. The van der Waals surface area contributed by atoms with Crippen molar-refractivity contribution in [1.29, 1.82) is 0 Å². The molecule has 6 rings (SSSR count). The summed E-state index contributed by atoms with van der Waals surface area (Å²) in [6, 6.07) is 48.4. The summed E-state index contributed by atoms with van der Waals surface area (Å²) >= 11 is 0. The summed E-state index contributed by atoms with van der Waals surface area (Å²) in [7, 11) is 1.62. The van der Waals surface area contributed by atoms with Crippen LogP contribution in [0, 0.1) is 0 Å². The number of nitrogens with one attached hydrogen (secondary N) is 4. The standard InChI is InChI=1S/C50H47F3N4O8/c1-62-42-22-20-41(21-23-42)49(39-15-7-3-8-16-39,40-17-9-4-10-18-40)57-27-26-55-46(59)34-64-44-30-37(28-38(31-44)47(60)65-32-35-12-5-2-6-13-35)36-14-11-19-43(29-36)63-33-45(58)54-24-25-56-48(61)50(51,52)53/h2-23,28-31,57H,24-27,32-34H2,1H3,(H,54,58)(H,55,59)(H,56,61). The van der Waals surface area contributed by atoms with Crippen LogP contribution in [-0.2, 0) is 31.3 Å². The lowest BCUT2D eigenvalue weighted by atomic mass is 9.77. The van der Waals surface area contributed by atoms with E-state index in [0.29, 0.717) is 17.7 Å². The molecule has 6 aromatic rings. The molecule has 0 unspecified atom stereocenters. The van der Waals surface area contributed by atoms with Gasteiger partial charge >= 0.3 is 18.1 Å². The van der Waals surface area contributed by atoms with Crippen molar-refractivity contribution in [3.05, 3.63) is 186 Å². The third-order valence-electron chi connectivity index (χ3n) is 10.0. The number of halogens is 3. The molecule has 0 atom stereocenters. The Morgan fingerprint density at radius 3 is 1.66 bits per heavy atom. The quantitative estimate of drug-likeness (QED) is 0.0341. The number of amides is 3. The van der Waals surface area contributed by atoms with Crippen LogP contribution in [0.15, 0.2) is 158 Å². The predicted octanol–water partition coefficient (Wildman–Crippen LogP) is 6.97. The topological polar surface area (TPSA) is 153 Å².